The fraction of sp³-hybridized carbons (Fsp3) is 0.320. The first-order chi connectivity index (χ1) is 14.3. The lowest BCUT2D eigenvalue weighted by molar-refractivity contribution is 0.263. The highest BCUT2D eigenvalue weighted by Gasteiger charge is 2.10. The average Bonchev–Trinajstić information content (AvgIpc) is 3.40. The van der Waals surface area contributed by atoms with Gasteiger partial charge in [0.1, 0.15) is 5.75 Å². The molecule has 1 aliphatic heterocycles. The van der Waals surface area contributed by atoms with Gasteiger partial charge in [-0.25, -0.2) is 4.68 Å². The maximum absolute atomic E-state index is 5.93. The molecule has 2 aromatic carbocycles. The number of likely N-dealkylation sites (tertiary alicyclic amines) is 1. The molecule has 0 amide bonds. The Bertz CT molecular complexity index is 922. The summed E-state index contributed by atoms with van der Waals surface area (Å²) >= 11 is 0. The summed E-state index contributed by atoms with van der Waals surface area (Å²) in [7, 11) is 0. The Balaban J connectivity index is 1.37. The van der Waals surface area contributed by atoms with Gasteiger partial charge in [0.25, 0.3) is 0 Å². The van der Waals surface area contributed by atoms with Crippen molar-refractivity contribution in [3.63, 3.8) is 0 Å². The molecule has 0 atom stereocenters. The van der Waals surface area contributed by atoms with E-state index < -0.39 is 0 Å². The van der Waals surface area contributed by atoms with Gasteiger partial charge in [0.2, 0.25) is 0 Å². The lowest BCUT2D eigenvalue weighted by Gasteiger charge is -2.14. The predicted molar refractivity (Wildman–Crippen MR) is 119 cm³/mol. The first-order valence-corrected chi connectivity index (χ1v) is 10.5. The zero-order chi connectivity index (χ0) is 19.9. The number of hydrogen-bond acceptors (Lipinski definition) is 3. The molecule has 1 fully saturated rings. The van der Waals surface area contributed by atoms with Gasteiger partial charge in [-0.2, -0.15) is 5.10 Å². The van der Waals surface area contributed by atoms with E-state index in [2.05, 4.69) is 52.5 Å². The lowest BCUT2D eigenvalue weighted by atomic mass is 10.2. The van der Waals surface area contributed by atoms with Crippen molar-refractivity contribution in [1.82, 2.24) is 14.7 Å². The number of aromatic nitrogens is 2. The molecule has 0 aliphatic carbocycles. The third-order valence-corrected chi connectivity index (χ3v) is 5.27. The van der Waals surface area contributed by atoms with Crippen molar-refractivity contribution in [3.8, 4) is 11.4 Å². The second kappa shape index (κ2) is 9.57. The standard InChI is InChI=1S/C25H29N3O/c1-21-20-24(11-10-22-8-3-2-4-9-22)28(26-21)23-12-14-25(15-13-23)29-19-7-18-27-16-5-6-17-27/h2-4,8-15,20H,5-7,16-19H2,1H3/b11-10+. The van der Waals surface area contributed by atoms with Crippen LogP contribution in [0.3, 0.4) is 0 Å². The van der Waals surface area contributed by atoms with Crippen LogP contribution in [0.2, 0.25) is 0 Å². The topological polar surface area (TPSA) is 30.3 Å². The Kier molecular flexibility index (Phi) is 6.42. The molecule has 3 aromatic rings. The minimum Gasteiger partial charge on any atom is -0.494 e. The second-order valence-electron chi connectivity index (χ2n) is 7.61. The van der Waals surface area contributed by atoms with E-state index in [1.807, 2.05) is 41.9 Å². The fourth-order valence-electron chi connectivity index (χ4n) is 3.76. The summed E-state index contributed by atoms with van der Waals surface area (Å²) in [6, 6.07) is 20.6. The SMILES string of the molecule is Cc1cc(/C=C/c2ccccc2)n(-c2ccc(OCCCN3CCCC3)cc2)n1. The maximum atomic E-state index is 5.93. The Morgan fingerprint density at radius 3 is 2.48 bits per heavy atom. The van der Waals surface area contributed by atoms with E-state index in [0.717, 1.165) is 42.4 Å². The van der Waals surface area contributed by atoms with Gasteiger partial charge >= 0.3 is 0 Å². The quantitative estimate of drug-likeness (QED) is 0.497. The van der Waals surface area contributed by atoms with Gasteiger partial charge in [0.15, 0.2) is 0 Å². The van der Waals surface area contributed by atoms with Gasteiger partial charge in [0, 0.05) is 6.54 Å². The van der Waals surface area contributed by atoms with E-state index in [4.69, 9.17) is 4.74 Å². The molecule has 4 rings (SSSR count). The highest BCUT2D eigenvalue weighted by atomic mass is 16.5. The molecular formula is C25H29N3O. The monoisotopic (exact) mass is 387 g/mol. The molecule has 1 aliphatic rings. The fourth-order valence-corrected chi connectivity index (χ4v) is 3.76. The number of rotatable bonds is 8. The summed E-state index contributed by atoms with van der Waals surface area (Å²) in [5.41, 5.74) is 4.27. The summed E-state index contributed by atoms with van der Waals surface area (Å²) in [6.07, 6.45) is 7.99. The Labute approximate surface area is 173 Å². The van der Waals surface area contributed by atoms with Crippen LogP contribution in [-0.2, 0) is 0 Å². The van der Waals surface area contributed by atoms with Crippen LogP contribution in [0.15, 0.2) is 60.7 Å². The number of aryl methyl sites for hydroxylation is 1. The lowest BCUT2D eigenvalue weighted by Crippen LogP contribution is -2.21. The van der Waals surface area contributed by atoms with Crippen LogP contribution < -0.4 is 4.74 Å². The molecule has 0 N–H and O–H groups in total. The van der Waals surface area contributed by atoms with Crippen molar-refractivity contribution in [2.45, 2.75) is 26.2 Å². The van der Waals surface area contributed by atoms with Gasteiger partial charge < -0.3 is 9.64 Å². The highest BCUT2D eigenvalue weighted by molar-refractivity contribution is 5.69. The summed E-state index contributed by atoms with van der Waals surface area (Å²) in [4.78, 5) is 2.52. The largest absolute Gasteiger partial charge is 0.494 e. The van der Waals surface area contributed by atoms with Gasteiger partial charge in [-0.15, -0.1) is 0 Å². The van der Waals surface area contributed by atoms with Gasteiger partial charge in [-0.1, -0.05) is 36.4 Å². The van der Waals surface area contributed by atoms with Gasteiger partial charge in [-0.3, -0.25) is 0 Å². The van der Waals surface area contributed by atoms with E-state index in [0.29, 0.717) is 0 Å². The smallest absolute Gasteiger partial charge is 0.119 e. The zero-order valence-electron chi connectivity index (χ0n) is 17.1. The first kappa shape index (κ1) is 19.5. The molecule has 0 spiro atoms. The molecule has 4 heteroatoms. The molecule has 1 saturated heterocycles. The third kappa shape index (κ3) is 5.36. The second-order valence-corrected chi connectivity index (χ2v) is 7.61. The number of ether oxygens (including phenoxy) is 1. The Morgan fingerprint density at radius 2 is 1.72 bits per heavy atom. The van der Waals surface area contributed by atoms with Crippen molar-refractivity contribution in [1.29, 1.82) is 0 Å². The van der Waals surface area contributed by atoms with E-state index in [-0.39, 0.29) is 0 Å². The van der Waals surface area contributed by atoms with Crippen LogP contribution in [-0.4, -0.2) is 40.9 Å². The molecule has 0 unspecified atom stereocenters. The van der Waals surface area contributed by atoms with Crippen molar-refractivity contribution >= 4 is 12.2 Å². The number of benzene rings is 2. The first-order valence-electron chi connectivity index (χ1n) is 10.5. The van der Waals surface area contributed by atoms with E-state index in [9.17, 15) is 0 Å². The van der Waals surface area contributed by atoms with Crippen molar-refractivity contribution in [2.75, 3.05) is 26.2 Å². The number of hydrogen-bond donors (Lipinski definition) is 0. The van der Waals surface area contributed by atoms with Crippen LogP contribution in [0.25, 0.3) is 17.8 Å². The molecule has 4 nitrogen and oxygen atoms in total. The van der Waals surface area contributed by atoms with E-state index in [1.165, 1.54) is 31.5 Å². The molecule has 1 aromatic heterocycles. The zero-order valence-corrected chi connectivity index (χ0v) is 17.1. The molecule has 29 heavy (non-hydrogen) atoms. The van der Waals surface area contributed by atoms with E-state index in [1.54, 1.807) is 0 Å². The molecule has 2 heterocycles. The van der Waals surface area contributed by atoms with Gasteiger partial charge in [0.05, 0.1) is 23.7 Å². The van der Waals surface area contributed by atoms with Crippen molar-refractivity contribution in [3.05, 3.63) is 77.6 Å². The normalized spacial score (nSPS) is 14.7. The van der Waals surface area contributed by atoms with Crippen LogP contribution in [0.4, 0.5) is 0 Å². The van der Waals surface area contributed by atoms with E-state index >= 15 is 0 Å². The van der Waals surface area contributed by atoms with Crippen molar-refractivity contribution < 1.29 is 4.74 Å². The van der Waals surface area contributed by atoms with Crippen LogP contribution in [0.5, 0.6) is 5.75 Å². The molecule has 0 saturated carbocycles. The Morgan fingerprint density at radius 1 is 0.966 bits per heavy atom. The molecule has 0 radical (unpaired) electrons. The van der Waals surface area contributed by atoms with Crippen molar-refractivity contribution in [2.24, 2.45) is 0 Å². The molecule has 150 valence electrons. The molecular weight excluding hydrogens is 358 g/mol. The summed E-state index contributed by atoms with van der Waals surface area (Å²) in [5, 5.41) is 4.66. The minimum absolute atomic E-state index is 0.766. The molecule has 0 bridgehead atoms. The summed E-state index contributed by atoms with van der Waals surface area (Å²) in [6.45, 7) is 6.43. The third-order valence-electron chi connectivity index (χ3n) is 5.27. The van der Waals surface area contributed by atoms with Crippen LogP contribution >= 0.6 is 0 Å². The Hall–Kier alpha value is -2.85. The summed E-state index contributed by atoms with van der Waals surface area (Å²) in [5.74, 6) is 0.917. The minimum atomic E-state index is 0.766. The van der Waals surface area contributed by atoms with Crippen LogP contribution in [0, 0.1) is 6.92 Å². The maximum Gasteiger partial charge on any atom is 0.119 e. The predicted octanol–water partition coefficient (Wildman–Crippen LogP) is 5.22. The average molecular weight is 388 g/mol. The van der Waals surface area contributed by atoms with Crippen LogP contribution in [0.1, 0.15) is 36.2 Å². The number of nitrogens with zero attached hydrogens (tertiary/aromatic N) is 3. The summed E-state index contributed by atoms with van der Waals surface area (Å²) < 4.78 is 7.91. The highest BCUT2D eigenvalue weighted by Crippen LogP contribution is 2.19. The van der Waals surface area contributed by atoms with Gasteiger partial charge in [-0.05, 0) is 81.2 Å².